The van der Waals surface area contributed by atoms with E-state index in [-0.39, 0.29) is 18.9 Å². The van der Waals surface area contributed by atoms with Gasteiger partial charge in [0.25, 0.3) is 5.91 Å². The van der Waals surface area contributed by atoms with E-state index in [1.165, 1.54) is 4.90 Å². The van der Waals surface area contributed by atoms with Crippen LogP contribution in [0.1, 0.15) is 12.2 Å². The third-order valence-electron chi connectivity index (χ3n) is 3.52. The molecule has 1 aromatic heterocycles. The van der Waals surface area contributed by atoms with Crippen LogP contribution in [0.3, 0.4) is 0 Å². The van der Waals surface area contributed by atoms with E-state index in [0.717, 1.165) is 17.3 Å². The second kappa shape index (κ2) is 7.84. The predicted molar refractivity (Wildman–Crippen MR) is 104 cm³/mol. The van der Waals surface area contributed by atoms with E-state index in [1.54, 1.807) is 36.4 Å². The SMILES string of the molecule is O=C([O-])CCN1C(=O)/C(=C\c2ccc(-c3ccc(Cl)c(Cl)c3)o2)SC1=S. The third-order valence-corrected chi connectivity index (χ3v) is 5.63. The molecule has 3 rings (SSSR count). The number of thioether (sulfide) groups is 1. The average Bonchev–Trinajstić information content (AvgIpc) is 3.14. The Bertz CT molecular complexity index is 939. The van der Waals surface area contributed by atoms with Crippen LogP contribution < -0.4 is 5.11 Å². The topological polar surface area (TPSA) is 73.6 Å². The van der Waals surface area contributed by atoms with Crippen LogP contribution in [0.5, 0.6) is 0 Å². The fourth-order valence-corrected chi connectivity index (χ4v) is 3.85. The predicted octanol–water partition coefficient (Wildman–Crippen LogP) is 3.59. The lowest BCUT2D eigenvalue weighted by molar-refractivity contribution is -0.305. The molecular weight excluding hydrogens is 417 g/mol. The monoisotopic (exact) mass is 426 g/mol. The maximum absolute atomic E-state index is 12.4. The van der Waals surface area contributed by atoms with Gasteiger partial charge in [-0.15, -0.1) is 0 Å². The fourth-order valence-electron chi connectivity index (χ4n) is 2.26. The zero-order chi connectivity index (χ0) is 18.8. The molecule has 0 N–H and O–H groups in total. The number of carboxylic acids is 1. The maximum Gasteiger partial charge on any atom is 0.266 e. The number of amides is 1. The number of thiocarbonyl (C=S) groups is 1. The van der Waals surface area contributed by atoms with Gasteiger partial charge in [0.2, 0.25) is 0 Å². The van der Waals surface area contributed by atoms with Crippen LogP contribution in [0.4, 0.5) is 0 Å². The highest BCUT2D eigenvalue weighted by Gasteiger charge is 2.31. The Labute approximate surface area is 168 Å². The Kier molecular flexibility index (Phi) is 5.72. The minimum Gasteiger partial charge on any atom is -0.550 e. The number of nitrogens with zero attached hydrogens (tertiary/aromatic N) is 1. The van der Waals surface area contributed by atoms with Crippen LogP contribution in [0.2, 0.25) is 10.0 Å². The second-order valence-electron chi connectivity index (χ2n) is 5.29. The average molecular weight is 427 g/mol. The van der Waals surface area contributed by atoms with E-state index in [0.29, 0.717) is 30.8 Å². The zero-order valence-electron chi connectivity index (χ0n) is 13.0. The van der Waals surface area contributed by atoms with Gasteiger partial charge in [-0.3, -0.25) is 9.69 Å². The molecule has 0 spiro atoms. The lowest BCUT2D eigenvalue weighted by atomic mass is 10.2. The summed E-state index contributed by atoms with van der Waals surface area (Å²) in [4.78, 5) is 24.5. The molecule has 0 unspecified atom stereocenters. The molecule has 1 aliphatic rings. The van der Waals surface area contributed by atoms with Crippen LogP contribution in [-0.4, -0.2) is 27.6 Å². The summed E-state index contributed by atoms with van der Waals surface area (Å²) >= 11 is 18.1. The van der Waals surface area contributed by atoms with Crippen molar-refractivity contribution in [1.82, 2.24) is 4.90 Å². The van der Waals surface area contributed by atoms with Crippen molar-refractivity contribution in [3.8, 4) is 11.3 Å². The zero-order valence-corrected chi connectivity index (χ0v) is 16.2. The summed E-state index contributed by atoms with van der Waals surface area (Å²) < 4.78 is 6.04. The van der Waals surface area contributed by atoms with Crippen molar-refractivity contribution in [2.24, 2.45) is 0 Å². The lowest BCUT2D eigenvalue weighted by Crippen LogP contribution is -2.33. The van der Waals surface area contributed by atoms with Crippen molar-refractivity contribution in [3.05, 3.63) is 51.0 Å². The van der Waals surface area contributed by atoms with E-state index >= 15 is 0 Å². The van der Waals surface area contributed by atoms with Crippen LogP contribution in [0.15, 0.2) is 39.7 Å². The molecule has 0 aliphatic carbocycles. The van der Waals surface area contributed by atoms with Gasteiger partial charge in [-0.1, -0.05) is 47.2 Å². The van der Waals surface area contributed by atoms with E-state index in [2.05, 4.69) is 0 Å². The summed E-state index contributed by atoms with van der Waals surface area (Å²) in [5, 5.41) is 11.4. The van der Waals surface area contributed by atoms with E-state index < -0.39 is 5.97 Å². The second-order valence-corrected chi connectivity index (χ2v) is 7.78. The Balaban J connectivity index is 1.79. The fraction of sp³-hybridized carbons (Fsp3) is 0.118. The summed E-state index contributed by atoms with van der Waals surface area (Å²) in [5.41, 5.74) is 0.751. The minimum absolute atomic E-state index is 0.0168. The third kappa shape index (κ3) is 4.12. The van der Waals surface area contributed by atoms with Crippen molar-refractivity contribution in [1.29, 1.82) is 0 Å². The van der Waals surface area contributed by atoms with Gasteiger partial charge in [0, 0.05) is 30.6 Å². The van der Waals surface area contributed by atoms with Crippen LogP contribution >= 0.6 is 47.2 Å². The molecule has 0 atom stereocenters. The Morgan fingerprint density at radius 2 is 2.04 bits per heavy atom. The van der Waals surface area contributed by atoms with Crippen molar-refractivity contribution >= 4 is 69.5 Å². The number of carbonyl (C=O) groups excluding carboxylic acids is 2. The highest BCUT2D eigenvalue weighted by atomic mass is 35.5. The molecule has 0 bridgehead atoms. The molecule has 2 heterocycles. The van der Waals surface area contributed by atoms with Gasteiger partial charge in [-0.05, 0) is 30.3 Å². The van der Waals surface area contributed by atoms with Crippen molar-refractivity contribution in [2.45, 2.75) is 6.42 Å². The Hall–Kier alpha value is -1.80. The molecule has 1 aromatic carbocycles. The van der Waals surface area contributed by atoms with E-state index in [1.807, 2.05) is 0 Å². The summed E-state index contributed by atoms with van der Waals surface area (Å²) in [6, 6.07) is 8.60. The van der Waals surface area contributed by atoms with Crippen molar-refractivity contribution < 1.29 is 19.1 Å². The number of aliphatic carboxylic acids is 1. The first-order valence-electron chi connectivity index (χ1n) is 7.35. The first kappa shape index (κ1) is 19.0. The van der Waals surface area contributed by atoms with Gasteiger partial charge < -0.3 is 14.3 Å². The summed E-state index contributed by atoms with van der Waals surface area (Å²) in [5.74, 6) is -0.553. The standard InChI is InChI=1S/C17H11Cl2NO4S2/c18-11-3-1-9(7-12(11)19)13-4-2-10(24-13)8-14-16(23)20(17(25)26-14)6-5-15(21)22/h1-4,7-8H,5-6H2,(H,21,22)/p-1/b14-8+. The molecule has 26 heavy (non-hydrogen) atoms. The normalized spacial score (nSPS) is 15.9. The van der Waals surface area contributed by atoms with E-state index in [4.69, 9.17) is 39.8 Å². The number of hydrogen-bond acceptors (Lipinski definition) is 6. The number of rotatable bonds is 5. The molecule has 134 valence electrons. The Morgan fingerprint density at radius 1 is 1.27 bits per heavy atom. The molecule has 0 radical (unpaired) electrons. The molecule has 1 aliphatic heterocycles. The smallest absolute Gasteiger partial charge is 0.266 e. The number of hydrogen-bond donors (Lipinski definition) is 0. The highest BCUT2D eigenvalue weighted by molar-refractivity contribution is 8.26. The lowest BCUT2D eigenvalue weighted by Gasteiger charge is -2.14. The van der Waals surface area contributed by atoms with Crippen LogP contribution in [0.25, 0.3) is 17.4 Å². The summed E-state index contributed by atoms with van der Waals surface area (Å²) in [7, 11) is 0. The molecule has 1 fully saturated rings. The number of carbonyl (C=O) groups is 2. The summed E-state index contributed by atoms with van der Waals surface area (Å²) in [6.07, 6.45) is 1.29. The largest absolute Gasteiger partial charge is 0.550 e. The molecular formula is C17H10Cl2NO4S2-. The molecule has 9 heteroatoms. The molecule has 1 amide bonds. The quantitative estimate of drug-likeness (QED) is 0.537. The number of furan rings is 1. The van der Waals surface area contributed by atoms with Gasteiger partial charge in [0.15, 0.2) is 0 Å². The van der Waals surface area contributed by atoms with Crippen LogP contribution in [-0.2, 0) is 9.59 Å². The van der Waals surface area contributed by atoms with Gasteiger partial charge >= 0.3 is 0 Å². The van der Waals surface area contributed by atoms with Crippen LogP contribution in [0, 0.1) is 0 Å². The first-order valence-corrected chi connectivity index (χ1v) is 9.33. The van der Waals surface area contributed by atoms with Crippen molar-refractivity contribution in [2.75, 3.05) is 6.54 Å². The molecule has 2 aromatic rings. The first-order chi connectivity index (χ1) is 12.3. The van der Waals surface area contributed by atoms with E-state index in [9.17, 15) is 14.7 Å². The number of carboxylic acid groups (broad SMARTS) is 1. The van der Waals surface area contributed by atoms with Gasteiger partial charge in [-0.2, -0.15) is 0 Å². The molecule has 5 nitrogen and oxygen atoms in total. The Morgan fingerprint density at radius 3 is 2.73 bits per heavy atom. The van der Waals surface area contributed by atoms with Crippen molar-refractivity contribution in [3.63, 3.8) is 0 Å². The highest BCUT2D eigenvalue weighted by Crippen LogP contribution is 2.34. The number of halogens is 2. The van der Waals surface area contributed by atoms with Gasteiger partial charge in [-0.25, -0.2) is 0 Å². The molecule has 1 saturated heterocycles. The number of benzene rings is 1. The van der Waals surface area contributed by atoms with Gasteiger partial charge in [0.1, 0.15) is 15.8 Å². The van der Waals surface area contributed by atoms with Gasteiger partial charge in [0.05, 0.1) is 15.0 Å². The maximum atomic E-state index is 12.4. The summed E-state index contributed by atoms with van der Waals surface area (Å²) in [6.45, 7) is -0.0168. The molecule has 0 saturated carbocycles. The minimum atomic E-state index is -1.24.